The van der Waals surface area contributed by atoms with Crippen molar-refractivity contribution in [2.75, 3.05) is 0 Å². The number of fused-ring (bicyclic) bond motifs is 1. The minimum absolute atomic E-state index is 0.221. The van der Waals surface area contributed by atoms with Crippen molar-refractivity contribution in [3.05, 3.63) is 102 Å². The molecule has 0 fully saturated rings. The van der Waals surface area contributed by atoms with Gasteiger partial charge < -0.3 is 9.13 Å². The topological polar surface area (TPSA) is 90.2 Å². The van der Waals surface area contributed by atoms with Crippen LogP contribution in [0.4, 0.5) is 13.2 Å². The monoisotopic (exact) mass is 582 g/mol. The fourth-order valence-electron chi connectivity index (χ4n) is 5.30. The number of imidazole rings is 2. The minimum atomic E-state index is -4.52. The van der Waals surface area contributed by atoms with Crippen LogP contribution in [0.15, 0.2) is 79.1 Å². The Morgan fingerprint density at radius 1 is 0.884 bits per heavy atom. The summed E-state index contributed by atoms with van der Waals surface area (Å²) < 4.78 is 44.5. The van der Waals surface area contributed by atoms with Gasteiger partial charge >= 0.3 is 6.18 Å². The van der Waals surface area contributed by atoms with Crippen LogP contribution in [-0.4, -0.2) is 33.6 Å². The maximum absolute atomic E-state index is 13.2. The van der Waals surface area contributed by atoms with Crippen molar-refractivity contribution in [2.24, 2.45) is 14.1 Å². The number of hydrogen-bond donors (Lipinski definition) is 1. The minimum Gasteiger partial charge on any atom is -0.333 e. The molecule has 2 aromatic carbocycles. The Balaban J connectivity index is 1.48. The standard InChI is InChI=1S/C32H29F3N8/c1-19(2)22-9-5-6-10-23(22)28-39-26(24-11-7-8-16-37-24)27-30(40-28)43(31(36)42(27)4)17-20-12-14-21(15-13-20)29-38-25(18-41(29)3)32(33,34)35/h5-16,18-19,36H,17H2,1-4H3. The zero-order valence-electron chi connectivity index (χ0n) is 24.1. The Bertz CT molecular complexity index is 2000. The largest absolute Gasteiger partial charge is 0.434 e. The third-order valence-electron chi connectivity index (χ3n) is 7.48. The molecule has 0 atom stereocenters. The molecule has 4 heterocycles. The first-order chi connectivity index (χ1) is 20.5. The number of pyridine rings is 1. The Kier molecular flexibility index (Phi) is 6.95. The van der Waals surface area contributed by atoms with Gasteiger partial charge in [0.15, 0.2) is 17.2 Å². The van der Waals surface area contributed by atoms with E-state index in [9.17, 15) is 13.2 Å². The highest BCUT2D eigenvalue weighted by molar-refractivity contribution is 5.88. The summed E-state index contributed by atoms with van der Waals surface area (Å²) in [5.74, 6) is 1.01. The van der Waals surface area contributed by atoms with Crippen LogP contribution in [0.3, 0.4) is 0 Å². The number of halogens is 3. The molecule has 218 valence electrons. The molecule has 6 aromatic rings. The van der Waals surface area contributed by atoms with Crippen molar-refractivity contribution in [3.63, 3.8) is 0 Å². The molecule has 11 heteroatoms. The zero-order valence-corrected chi connectivity index (χ0v) is 24.1. The number of aromatic nitrogens is 7. The van der Waals surface area contributed by atoms with Crippen molar-refractivity contribution in [1.82, 2.24) is 33.6 Å². The number of nitrogens with one attached hydrogen (secondary N) is 1. The molecular formula is C32H29F3N8. The van der Waals surface area contributed by atoms with Gasteiger partial charge in [0.2, 0.25) is 5.62 Å². The number of nitrogens with zero attached hydrogens (tertiary/aromatic N) is 7. The molecule has 4 aromatic heterocycles. The number of alkyl halides is 3. The Labute approximate surface area is 245 Å². The molecule has 0 amide bonds. The first kappa shape index (κ1) is 28.1. The summed E-state index contributed by atoms with van der Waals surface area (Å²) in [5.41, 5.74) is 5.28. The highest BCUT2D eigenvalue weighted by Gasteiger charge is 2.34. The van der Waals surface area contributed by atoms with E-state index in [-0.39, 0.29) is 17.4 Å². The first-order valence-electron chi connectivity index (χ1n) is 13.8. The second kappa shape index (κ2) is 10.6. The lowest BCUT2D eigenvalue weighted by Crippen LogP contribution is -2.23. The summed E-state index contributed by atoms with van der Waals surface area (Å²) in [5, 5.41) is 9.00. The molecule has 1 N–H and O–H groups in total. The van der Waals surface area contributed by atoms with E-state index in [4.69, 9.17) is 15.4 Å². The highest BCUT2D eigenvalue weighted by atomic mass is 19.4. The normalized spacial score (nSPS) is 12.0. The van der Waals surface area contributed by atoms with E-state index in [1.807, 2.05) is 53.1 Å². The third kappa shape index (κ3) is 5.11. The molecule has 8 nitrogen and oxygen atoms in total. The Hall–Kier alpha value is -5.06. The summed E-state index contributed by atoms with van der Waals surface area (Å²) in [6.45, 7) is 4.56. The summed E-state index contributed by atoms with van der Waals surface area (Å²) in [4.78, 5) is 18.4. The molecule has 43 heavy (non-hydrogen) atoms. The van der Waals surface area contributed by atoms with Gasteiger partial charge in [0.25, 0.3) is 0 Å². The van der Waals surface area contributed by atoms with Gasteiger partial charge in [0.05, 0.1) is 12.2 Å². The van der Waals surface area contributed by atoms with Crippen LogP contribution < -0.4 is 5.62 Å². The van der Waals surface area contributed by atoms with Crippen LogP contribution >= 0.6 is 0 Å². The second-order valence-corrected chi connectivity index (χ2v) is 10.7. The van der Waals surface area contributed by atoms with Gasteiger partial charge in [-0.25, -0.2) is 15.0 Å². The van der Waals surface area contributed by atoms with Crippen molar-refractivity contribution in [2.45, 2.75) is 32.5 Å². The summed E-state index contributed by atoms with van der Waals surface area (Å²) in [6.07, 6.45) is -1.82. The van der Waals surface area contributed by atoms with Gasteiger partial charge in [0.1, 0.15) is 17.0 Å². The number of benzene rings is 2. The molecule has 0 bridgehead atoms. The van der Waals surface area contributed by atoms with Gasteiger partial charge in [-0.15, -0.1) is 0 Å². The van der Waals surface area contributed by atoms with Crippen LogP contribution in [0, 0.1) is 5.41 Å². The summed E-state index contributed by atoms with van der Waals surface area (Å²) in [6, 6.07) is 20.8. The van der Waals surface area contributed by atoms with Crippen LogP contribution in [-0.2, 0) is 26.8 Å². The fraction of sp³-hybridized carbons (Fsp3) is 0.219. The third-order valence-corrected chi connectivity index (χ3v) is 7.48. The van der Waals surface area contributed by atoms with Crippen molar-refractivity contribution < 1.29 is 13.2 Å². The van der Waals surface area contributed by atoms with Gasteiger partial charge in [-0.05, 0) is 29.2 Å². The van der Waals surface area contributed by atoms with E-state index in [1.54, 1.807) is 29.9 Å². The van der Waals surface area contributed by atoms with Gasteiger partial charge in [-0.2, -0.15) is 13.2 Å². The smallest absolute Gasteiger partial charge is 0.333 e. The van der Waals surface area contributed by atoms with Crippen molar-refractivity contribution in [1.29, 1.82) is 5.41 Å². The van der Waals surface area contributed by atoms with E-state index in [2.05, 4.69) is 29.9 Å². The number of rotatable bonds is 6. The lowest BCUT2D eigenvalue weighted by molar-refractivity contribution is -0.140. The van der Waals surface area contributed by atoms with E-state index >= 15 is 0 Å². The van der Waals surface area contributed by atoms with Crippen molar-refractivity contribution in [3.8, 4) is 34.2 Å². The van der Waals surface area contributed by atoms with Gasteiger partial charge in [0, 0.05) is 37.6 Å². The molecule has 0 aliphatic heterocycles. The lowest BCUT2D eigenvalue weighted by atomic mass is 9.97. The highest BCUT2D eigenvalue weighted by Crippen LogP contribution is 2.33. The van der Waals surface area contributed by atoms with Crippen LogP contribution in [0.5, 0.6) is 0 Å². The molecule has 0 aliphatic carbocycles. The fourth-order valence-corrected chi connectivity index (χ4v) is 5.30. The van der Waals surface area contributed by atoms with E-state index in [0.717, 1.165) is 22.9 Å². The molecule has 0 unspecified atom stereocenters. The maximum Gasteiger partial charge on any atom is 0.434 e. The Morgan fingerprint density at radius 2 is 1.60 bits per heavy atom. The lowest BCUT2D eigenvalue weighted by Gasteiger charge is -2.13. The molecule has 6 rings (SSSR count). The predicted octanol–water partition coefficient (Wildman–Crippen LogP) is 6.57. The second-order valence-electron chi connectivity index (χ2n) is 10.7. The maximum atomic E-state index is 13.2. The molecule has 0 aliphatic rings. The number of aryl methyl sites for hydroxylation is 2. The average Bonchev–Trinajstić information content (AvgIpc) is 3.51. The Morgan fingerprint density at radius 3 is 2.26 bits per heavy atom. The average molecular weight is 583 g/mol. The summed E-state index contributed by atoms with van der Waals surface area (Å²) in [7, 11) is 3.35. The zero-order chi connectivity index (χ0) is 30.5. The van der Waals surface area contributed by atoms with Gasteiger partial charge in [-0.1, -0.05) is 68.4 Å². The predicted molar refractivity (Wildman–Crippen MR) is 158 cm³/mol. The van der Waals surface area contributed by atoms with Crippen molar-refractivity contribution >= 4 is 11.2 Å². The van der Waals surface area contributed by atoms with E-state index in [1.165, 1.54) is 11.6 Å². The first-order valence-corrected chi connectivity index (χ1v) is 13.8. The molecule has 0 saturated heterocycles. The van der Waals surface area contributed by atoms with E-state index in [0.29, 0.717) is 40.5 Å². The van der Waals surface area contributed by atoms with E-state index < -0.39 is 11.9 Å². The number of hydrogen-bond acceptors (Lipinski definition) is 5. The van der Waals surface area contributed by atoms with Gasteiger partial charge in [-0.3, -0.25) is 15.0 Å². The summed E-state index contributed by atoms with van der Waals surface area (Å²) >= 11 is 0. The SMILES string of the molecule is CC(C)c1ccccc1-c1nc(-c2ccccn2)c2c(n1)n(Cc1ccc(-c3nc(C(F)(F)F)cn3C)cc1)c(=N)n2C. The van der Waals surface area contributed by atoms with Crippen LogP contribution in [0.2, 0.25) is 0 Å². The quantitative estimate of drug-likeness (QED) is 0.241. The van der Waals surface area contributed by atoms with Crippen LogP contribution in [0.1, 0.15) is 36.6 Å². The molecule has 0 radical (unpaired) electrons. The molecule has 0 saturated carbocycles. The molecule has 0 spiro atoms. The van der Waals surface area contributed by atoms with Crippen LogP contribution in [0.25, 0.3) is 45.3 Å². The molecular weight excluding hydrogens is 553 g/mol.